The molecule has 2 aromatic carbocycles. The number of para-hydroxylation sites is 1. The summed E-state index contributed by atoms with van der Waals surface area (Å²) in [7, 11) is -1.77. The maximum atomic E-state index is 12.2. The van der Waals surface area contributed by atoms with Crippen molar-refractivity contribution in [1.29, 1.82) is 0 Å². The second-order valence-electron chi connectivity index (χ2n) is 7.05. The molecule has 30 heavy (non-hydrogen) atoms. The minimum Gasteiger partial charge on any atom is -0.496 e. The SMILES string of the molecule is COc1ccccc1CCNC(=O)C(=O)Nc1ccc2c(c1)CCCN2S(C)(=O)=O. The summed E-state index contributed by atoms with van der Waals surface area (Å²) in [4.78, 5) is 24.3. The highest BCUT2D eigenvalue weighted by Gasteiger charge is 2.24. The second kappa shape index (κ2) is 9.17. The first-order chi connectivity index (χ1) is 14.3. The third-order valence-electron chi connectivity index (χ3n) is 4.89. The Labute approximate surface area is 176 Å². The third-order valence-corrected chi connectivity index (χ3v) is 6.07. The lowest BCUT2D eigenvalue weighted by Gasteiger charge is -2.29. The highest BCUT2D eigenvalue weighted by molar-refractivity contribution is 7.92. The first-order valence-corrected chi connectivity index (χ1v) is 11.5. The molecule has 160 valence electrons. The predicted octanol–water partition coefficient (Wildman–Crippen LogP) is 1.70. The number of hydrogen-bond donors (Lipinski definition) is 2. The van der Waals surface area contributed by atoms with Gasteiger partial charge in [0.25, 0.3) is 0 Å². The van der Waals surface area contributed by atoms with Gasteiger partial charge in [0.2, 0.25) is 10.0 Å². The monoisotopic (exact) mass is 431 g/mol. The number of carbonyl (C=O) groups excluding carboxylic acids is 2. The van der Waals surface area contributed by atoms with Gasteiger partial charge in [-0.25, -0.2) is 8.42 Å². The lowest BCUT2D eigenvalue weighted by Crippen LogP contribution is -2.37. The lowest BCUT2D eigenvalue weighted by molar-refractivity contribution is -0.136. The van der Waals surface area contributed by atoms with Gasteiger partial charge in [-0.3, -0.25) is 13.9 Å². The van der Waals surface area contributed by atoms with Crippen LogP contribution in [0, 0.1) is 0 Å². The number of ether oxygens (including phenoxy) is 1. The Morgan fingerprint density at radius 2 is 1.90 bits per heavy atom. The molecular weight excluding hydrogens is 406 g/mol. The van der Waals surface area contributed by atoms with Crippen LogP contribution in [-0.4, -0.2) is 46.7 Å². The molecule has 1 aliphatic rings. The van der Waals surface area contributed by atoms with Gasteiger partial charge in [0.15, 0.2) is 0 Å². The number of methoxy groups -OCH3 is 1. The van der Waals surface area contributed by atoms with Crippen LogP contribution in [0.5, 0.6) is 5.75 Å². The number of hydrogen-bond acceptors (Lipinski definition) is 5. The molecule has 0 saturated carbocycles. The normalized spacial score (nSPS) is 13.3. The molecule has 9 heteroatoms. The van der Waals surface area contributed by atoms with Gasteiger partial charge in [-0.15, -0.1) is 0 Å². The fourth-order valence-corrected chi connectivity index (χ4v) is 4.47. The zero-order valence-corrected chi connectivity index (χ0v) is 17.8. The first-order valence-electron chi connectivity index (χ1n) is 9.61. The average molecular weight is 432 g/mol. The Hall–Kier alpha value is -3.07. The Morgan fingerprint density at radius 3 is 2.63 bits per heavy atom. The van der Waals surface area contributed by atoms with E-state index in [2.05, 4.69) is 10.6 Å². The third kappa shape index (κ3) is 5.10. The zero-order valence-electron chi connectivity index (χ0n) is 17.0. The lowest BCUT2D eigenvalue weighted by atomic mass is 10.0. The van der Waals surface area contributed by atoms with E-state index >= 15 is 0 Å². The number of nitrogens with one attached hydrogen (secondary N) is 2. The molecule has 0 bridgehead atoms. The van der Waals surface area contributed by atoms with Crippen LogP contribution in [0.3, 0.4) is 0 Å². The molecule has 0 aromatic heterocycles. The van der Waals surface area contributed by atoms with Crippen molar-refractivity contribution < 1.29 is 22.7 Å². The molecule has 1 aliphatic heterocycles. The van der Waals surface area contributed by atoms with Gasteiger partial charge in [0.1, 0.15) is 5.75 Å². The molecular formula is C21H25N3O5S. The summed E-state index contributed by atoms with van der Waals surface area (Å²) in [5.74, 6) is -0.778. The quantitative estimate of drug-likeness (QED) is 0.678. The van der Waals surface area contributed by atoms with Crippen molar-refractivity contribution in [2.75, 3.05) is 36.1 Å². The predicted molar refractivity (Wildman–Crippen MR) is 115 cm³/mol. The van der Waals surface area contributed by atoms with Crippen molar-refractivity contribution in [1.82, 2.24) is 5.32 Å². The maximum Gasteiger partial charge on any atom is 0.313 e. The summed E-state index contributed by atoms with van der Waals surface area (Å²) in [6.07, 6.45) is 3.10. The summed E-state index contributed by atoms with van der Waals surface area (Å²) in [5.41, 5.74) is 2.82. The van der Waals surface area contributed by atoms with Gasteiger partial charge in [-0.1, -0.05) is 18.2 Å². The number of fused-ring (bicyclic) bond motifs is 1. The number of rotatable bonds is 6. The van der Waals surface area contributed by atoms with E-state index in [0.29, 0.717) is 43.7 Å². The number of anilines is 2. The Balaban J connectivity index is 1.58. The van der Waals surface area contributed by atoms with Crippen molar-refractivity contribution in [2.45, 2.75) is 19.3 Å². The number of benzene rings is 2. The number of sulfonamides is 1. The van der Waals surface area contributed by atoms with Crippen LogP contribution in [0.1, 0.15) is 17.5 Å². The van der Waals surface area contributed by atoms with Crippen LogP contribution in [0.4, 0.5) is 11.4 Å². The van der Waals surface area contributed by atoms with Crippen LogP contribution in [0.25, 0.3) is 0 Å². The molecule has 0 fully saturated rings. The highest BCUT2D eigenvalue weighted by Crippen LogP contribution is 2.31. The minimum absolute atomic E-state index is 0.292. The number of carbonyl (C=O) groups is 2. The van der Waals surface area contributed by atoms with Crippen LogP contribution in [-0.2, 0) is 32.5 Å². The molecule has 2 amide bonds. The van der Waals surface area contributed by atoms with E-state index in [4.69, 9.17) is 4.74 Å². The fraction of sp³-hybridized carbons (Fsp3) is 0.333. The van der Waals surface area contributed by atoms with Crippen molar-refractivity contribution in [3.05, 3.63) is 53.6 Å². The van der Waals surface area contributed by atoms with Crippen LogP contribution >= 0.6 is 0 Å². The molecule has 0 spiro atoms. The highest BCUT2D eigenvalue weighted by atomic mass is 32.2. The molecule has 1 heterocycles. The van der Waals surface area contributed by atoms with Gasteiger partial charge >= 0.3 is 11.8 Å². The van der Waals surface area contributed by atoms with E-state index in [0.717, 1.165) is 16.9 Å². The second-order valence-corrected chi connectivity index (χ2v) is 8.96. The molecule has 0 radical (unpaired) electrons. The van der Waals surface area contributed by atoms with Gasteiger partial charge in [-0.05, 0) is 54.7 Å². The van der Waals surface area contributed by atoms with Crippen LogP contribution in [0.2, 0.25) is 0 Å². The van der Waals surface area contributed by atoms with E-state index < -0.39 is 21.8 Å². The Morgan fingerprint density at radius 1 is 1.13 bits per heavy atom. The summed E-state index contributed by atoms with van der Waals surface area (Å²) in [6, 6.07) is 12.5. The maximum absolute atomic E-state index is 12.2. The summed E-state index contributed by atoms with van der Waals surface area (Å²) in [6.45, 7) is 0.728. The summed E-state index contributed by atoms with van der Waals surface area (Å²) < 4.78 is 30.5. The molecule has 0 atom stereocenters. The van der Waals surface area contributed by atoms with E-state index in [1.165, 1.54) is 10.6 Å². The van der Waals surface area contributed by atoms with E-state index in [-0.39, 0.29) is 0 Å². The van der Waals surface area contributed by atoms with Crippen molar-refractivity contribution >= 4 is 33.2 Å². The minimum atomic E-state index is -3.35. The van der Waals surface area contributed by atoms with Crippen molar-refractivity contribution in [3.63, 3.8) is 0 Å². The Kier molecular flexibility index (Phi) is 6.61. The van der Waals surface area contributed by atoms with E-state index in [1.54, 1.807) is 25.3 Å². The topological polar surface area (TPSA) is 105 Å². The van der Waals surface area contributed by atoms with Crippen molar-refractivity contribution in [2.24, 2.45) is 0 Å². The van der Waals surface area contributed by atoms with Gasteiger partial charge in [-0.2, -0.15) is 0 Å². The molecule has 3 rings (SSSR count). The molecule has 0 saturated heterocycles. The summed E-state index contributed by atoms with van der Waals surface area (Å²) >= 11 is 0. The van der Waals surface area contributed by atoms with Crippen LogP contribution < -0.4 is 19.7 Å². The zero-order chi connectivity index (χ0) is 21.7. The average Bonchev–Trinajstić information content (AvgIpc) is 2.72. The summed E-state index contributed by atoms with van der Waals surface area (Å²) in [5, 5.41) is 5.17. The molecule has 0 unspecified atom stereocenters. The number of aryl methyl sites for hydroxylation is 1. The molecule has 2 N–H and O–H groups in total. The fourth-order valence-electron chi connectivity index (χ4n) is 3.47. The molecule has 0 aliphatic carbocycles. The molecule has 2 aromatic rings. The molecule has 8 nitrogen and oxygen atoms in total. The first kappa shape index (κ1) is 21.6. The smallest absolute Gasteiger partial charge is 0.313 e. The van der Waals surface area contributed by atoms with Crippen molar-refractivity contribution in [3.8, 4) is 5.75 Å². The van der Waals surface area contributed by atoms with Gasteiger partial charge in [0.05, 0.1) is 19.1 Å². The Bertz CT molecular complexity index is 1050. The van der Waals surface area contributed by atoms with Gasteiger partial charge < -0.3 is 15.4 Å². The van der Waals surface area contributed by atoms with E-state index in [9.17, 15) is 18.0 Å². The van der Waals surface area contributed by atoms with Gasteiger partial charge in [0, 0.05) is 18.8 Å². The van der Waals surface area contributed by atoms with Crippen LogP contribution in [0.15, 0.2) is 42.5 Å². The largest absolute Gasteiger partial charge is 0.496 e. The van der Waals surface area contributed by atoms with E-state index in [1.807, 2.05) is 24.3 Å². The number of nitrogens with zero attached hydrogens (tertiary/aromatic N) is 1. The number of amides is 2. The standard InChI is InChI=1S/C21H25N3O5S/c1-29-19-8-4-3-6-15(19)11-12-22-20(25)21(26)23-17-9-10-18-16(14-17)7-5-13-24(18)30(2,27)28/h3-4,6,8-10,14H,5,7,11-13H2,1-2H3,(H,22,25)(H,23,26).